The molecule has 6 nitrogen and oxygen atoms in total. The third-order valence-corrected chi connectivity index (χ3v) is 5.18. The van der Waals surface area contributed by atoms with Gasteiger partial charge in [-0.15, -0.1) is 0 Å². The number of benzene rings is 2. The van der Waals surface area contributed by atoms with E-state index in [1.165, 1.54) is 0 Å². The molecule has 7 heteroatoms. The van der Waals surface area contributed by atoms with Crippen molar-refractivity contribution in [2.24, 2.45) is 0 Å². The van der Waals surface area contributed by atoms with Crippen molar-refractivity contribution in [3.05, 3.63) is 76.7 Å². The molecule has 1 aromatic heterocycles. The molecule has 1 aliphatic rings. The molecule has 0 unspecified atom stereocenters. The van der Waals surface area contributed by atoms with Crippen LogP contribution >= 0.6 is 0 Å². The number of nitrogens with zero attached hydrogens (tertiary/aromatic N) is 3. The number of carboxylic acids is 1. The number of aryl methyl sites for hydroxylation is 2. The van der Waals surface area contributed by atoms with Crippen LogP contribution < -0.4 is 61.4 Å². The van der Waals surface area contributed by atoms with Crippen LogP contribution in [0.4, 0.5) is 5.82 Å². The Bertz CT molecular complexity index is 1120. The van der Waals surface area contributed by atoms with Gasteiger partial charge >= 0.3 is 51.4 Å². The van der Waals surface area contributed by atoms with Crippen LogP contribution in [0.25, 0.3) is 11.1 Å². The van der Waals surface area contributed by atoms with Gasteiger partial charge in [0.25, 0.3) is 0 Å². The molecule has 0 N–H and O–H groups in total. The van der Waals surface area contributed by atoms with Gasteiger partial charge in [0.2, 0.25) is 5.91 Å². The fraction of sp³-hybridized carbons (Fsp3) is 0.217. The van der Waals surface area contributed by atoms with Crippen molar-refractivity contribution in [3.63, 3.8) is 0 Å². The predicted octanol–water partition coefficient (Wildman–Crippen LogP) is -0.393. The van der Waals surface area contributed by atoms with Crippen molar-refractivity contribution in [2.45, 2.75) is 33.2 Å². The molecule has 146 valence electrons. The third kappa shape index (κ3) is 4.55. The molecule has 0 bridgehead atoms. The number of carbonyl (C=O) groups is 2. The number of anilines is 1. The Kier molecular flexibility index (Phi) is 7.20. The maximum Gasteiger partial charge on any atom is 1.00 e. The number of amides is 1. The second-order valence-electron chi connectivity index (χ2n) is 7.17. The Balaban J connectivity index is 0.00000256. The van der Waals surface area contributed by atoms with E-state index < -0.39 is 5.97 Å². The predicted molar refractivity (Wildman–Crippen MR) is 107 cm³/mol. The van der Waals surface area contributed by atoms with Gasteiger partial charge in [-0.05, 0) is 43.0 Å². The van der Waals surface area contributed by atoms with Crippen molar-refractivity contribution in [3.8, 4) is 11.1 Å². The number of aromatic carboxylic acids is 1. The van der Waals surface area contributed by atoms with E-state index in [1.807, 2.05) is 43.3 Å². The molecule has 0 spiro atoms. The number of carboxylic acid groups (broad SMARTS) is 1. The topological polar surface area (TPSA) is 86.2 Å². The van der Waals surface area contributed by atoms with Crippen LogP contribution in [-0.4, -0.2) is 21.8 Å². The standard InChI is InChI=1S/C23H21N3O3.K/c1-14-18-10-11-21(27)26(22(18)25-15(2)24-14)13-16-8-9-19(20(12-16)23(28)29)17-6-4-3-5-7-17;/h3-9,12H,10-11,13H2,1-2H3,(H,28,29);/q;+1/p-1. The molecular formula is C23H20KN3O3. The molecule has 30 heavy (non-hydrogen) atoms. The summed E-state index contributed by atoms with van der Waals surface area (Å²) in [6.07, 6.45) is 1.00. The third-order valence-electron chi connectivity index (χ3n) is 5.18. The maximum atomic E-state index is 12.6. The van der Waals surface area contributed by atoms with Gasteiger partial charge in [0, 0.05) is 23.2 Å². The number of carbonyl (C=O) groups excluding carboxylic acids is 2. The average molecular weight is 426 g/mol. The first-order valence-electron chi connectivity index (χ1n) is 9.48. The van der Waals surface area contributed by atoms with Crippen molar-refractivity contribution < 1.29 is 66.1 Å². The molecule has 0 aliphatic carbocycles. The van der Waals surface area contributed by atoms with Gasteiger partial charge in [-0.3, -0.25) is 9.69 Å². The molecule has 3 aromatic rings. The molecule has 2 heterocycles. The molecule has 4 rings (SSSR count). The van der Waals surface area contributed by atoms with Gasteiger partial charge in [-0.1, -0.05) is 42.5 Å². The van der Waals surface area contributed by atoms with Gasteiger partial charge in [0.1, 0.15) is 11.6 Å². The fourth-order valence-corrected chi connectivity index (χ4v) is 3.79. The van der Waals surface area contributed by atoms with E-state index in [0.717, 1.165) is 16.8 Å². The minimum Gasteiger partial charge on any atom is -0.545 e. The van der Waals surface area contributed by atoms with Crippen molar-refractivity contribution in [2.75, 3.05) is 4.90 Å². The summed E-state index contributed by atoms with van der Waals surface area (Å²) in [5, 5.41) is 11.8. The van der Waals surface area contributed by atoms with Gasteiger partial charge in [-0.2, -0.15) is 0 Å². The Morgan fingerprint density at radius 1 is 1.07 bits per heavy atom. The van der Waals surface area contributed by atoms with Gasteiger partial charge < -0.3 is 9.90 Å². The van der Waals surface area contributed by atoms with E-state index in [4.69, 9.17) is 0 Å². The first-order chi connectivity index (χ1) is 13.9. The van der Waals surface area contributed by atoms with E-state index in [0.29, 0.717) is 35.6 Å². The summed E-state index contributed by atoms with van der Waals surface area (Å²) in [7, 11) is 0. The Hall–Kier alpha value is -1.90. The first-order valence-corrected chi connectivity index (χ1v) is 9.48. The monoisotopic (exact) mass is 425 g/mol. The zero-order valence-electron chi connectivity index (χ0n) is 17.3. The number of fused-ring (bicyclic) bond motifs is 1. The SMILES string of the molecule is Cc1nc(C)c2c(n1)N(Cc1ccc(-c3ccccc3)c(C(=O)[O-])c1)C(=O)CC2.[K+]. The van der Waals surface area contributed by atoms with Crippen LogP contribution in [0.2, 0.25) is 0 Å². The van der Waals surface area contributed by atoms with Gasteiger partial charge in [0.05, 0.1) is 12.5 Å². The van der Waals surface area contributed by atoms with E-state index in [9.17, 15) is 14.7 Å². The van der Waals surface area contributed by atoms with E-state index >= 15 is 0 Å². The second kappa shape index (κ2) is 9.49. The molecule has 0 atom stereocenters. The molecule has 2 aromatic carbocycles. The van der Waals surface area contributed by atoms with Crippen molar-refractivity contribution >= 4 is 17.7 Å². The minimum atomic E-state index is -1.25. The van der Waals surface area contributed by atoms with Crippen LogP contribution in [0.15, 0.2) is 48.5 Å². The maximum absolute atomic E-state index is 12.6. The summed E-state index contributed by atoms with van der Waals surface area (Å²) in [5.74, 6) is -0.0496. The summed E-state index contributed by atoms with van der Waals surface area (Å²) >= 11 is 0. The molecule has 0 saturated heterocycles. The number of hydrogen-bond acceptors (Lipinski definition) is 5. The summed E-state index contributed by atoms with van der Waals surface area (Å²) in [6, 6.07) is 14.5. The van der Waals surface area contributed by atoms with Gasteiger partial charge in [0.15, 0.2) is 0 Å². The van der Waals surface area contributed by atoms with Crippen LogP contribution in [0.1, 0.15) is 39.4 Å². The smallest absolute Gasteiger partial charge is 0.545 e. The van der Waals surface area contributed by atoms with Crippen LogP contribution in [0.5, 0.6) is 0 Å². The number of hydrogen-bond donors (Lipinski definition) is 0. The molecule has 0 fully saturated rings. The average Bonchev–Trinajstić information content (AvgIpc) is 2.70. The zero-order valence-corrected chi connectivity index (χ0v) is 20.4. The van der Waals surface area contributed by atoms with Gasteiger partial charge in [-0.25, -0.2) is 9.97 Å². The quantitative estimate of drug-likeness (QED) is 0.532. The molecule has 1 aliphatic heterocycles. The fourth-order valence-electron chi connectivity index (χ4n) is 3.79. The number of aromatic nitrogens is 2. The second-order valence-corrected chi connectivity index (χ2v) is 7.17. The number of rotatable bonds is 4. The molecule has 0 saturated carbocycles. The van der Waals surface area contributed by atoms with Crippen LogP contribution in [-0.2, 0) is 17.8 Å². The summed E-state index contributed by atoms with van der Waals surface area (Å²) < 4.78 is 0. The summed E-state index contributed by atoms with van der Waals surface area (Å²) in [6.45, 7) is 3.97. The van der Waals surface area contributed by atoms with Crippen molar-refractivity contribution in [1.29, 1.82) is 0 Å². The van der Waals surface area contributed by atoms with E-state index in [1.54, 1.807) is 24.0 Å². The molecule has 0 radical (unpaired) electrons. The Morgan fingerprint density at radius 3 is 2.50 bits per heavy atom. The van der Waals surface area contributed by atoms with E-state index in [2.05, 4.69) is 9.97 Å². The Labute approximate surface area is 217 Å². The molecular weight excluding hydrogens is 405 g/mol. The molecule has 1 amide bonds. The zero-order chi connectivity index (χ0) is 20.5. The normalized spacial score (nSPS) is 12.9. The first kappa shape index (κ1) is 22.8. The van der Waals surface area contributed by atoms with E-state index in [-0.39, 0.29) is 69.4 Å². The largest absolute Gasteiger partial charge is 1.00 e. The van der Waals surface area contributed by atoms with Crippen LogP contribution in [0.3, 0.4) is 0 Å². The Morgan fingerprint density at radius 2 is 1.80 bits per heavy atom. The van der Waals surface area contributed by atoms with Crippen LogP contribution in [0, 0.1) is 13.8 Å². The van der Waals surface area contributed by atoms with Crippen molar-refractivity contribution in [1.82, 2.24) is 9.97 Å². The summed E-state index contributed by atoms with van der Waals surface area (Å²) in [5.41, 5.74) is 4.05. The summed E-state index contributed by atoms with van der Waals surface area (Å²) in [4.78, 5) is 34.9. The minimum absolute atomic E-state index is 0.